The minimum atomic E-state index is 0.492. The fourth-order valence-corrected chi connectivity index (χ4v) is 2.53. The Morgan fingerprint density at radius 1 is 1.33 bits per heavy atom. The first-order chi connectivity index (χ1) is 5.77. The Kier molecular flexibility index (Phi) is 1.91. The third kappa shape index (κ3) is 1.27. The van der Waals surface area contributed by atoms with Crippen LogP contribution < -0.4 is 0 Å². The summed E-state index contributed by atoms with van der Waals surface area (Å²) in [6.07, 6.45) is 4.94. The first-order valence-corrected chi connectivity index (χ1v) is 5.62. The van der Waals surface area contributed by atoms with Crippen LogP contribution in [0.15, 0.2) is 24.3 Å². The lowest BCUT2D eigenvalue weighted by atomic mass is 10.1. The molecule has 1 fully saturated rings. The summed E-state index contributed by atoms with van der Waals surface area (Å²) in [5.74, 6) is 0. The largest absolute Gasteiger partial charge is 0.154 e. The van der Waals surface area contributed by atoms with Crippen molar-refractivity contribution in [2.45, 2.75) is 24.5 Å². The van der Waals surface area contributed by atoms with E-state index in [1.54, 1.807) is 0 Å². The monoisotopic (exact) mass is 178 g/mol. The Morgan fingerprint density at radius 3 is 2.58 bits per heavy atom. The quantitative estimate of drug-likeness (QED) is 0.669. The average molecular weight is 178 g/mol. The average Bonchev–Trinajstić information content (AvgIpc) is 2.84. The molecule has 1 saturated carbocycles. The lowest BCUT2D eigenvalue weighted by Gasteiger charge is -2.12. The van der Waals surface area contributed by atoms with Crippen molar-refractivity contribution in [3.8, 4) is 0 Å². The van der Waals surface area contributed by atoms with E-state index >= 15 is 0 Å². The highest BCUT2D eigenvalue weighted by atomic mass is 32.2. The topological polar surface area (TPSA) is 0 Å². The van der Waals surface area contributed by atoms with Crippen LogP contribution >= 0.6 is 11.8 Å². The number of hydrogen-bond donors (Lipinski definition) is 0. The Balaban J connectivity index is 2.34. The molecule has 0 N–H and O–H groups in total. The summed E-state index contributed by atoms with van der Waals surface area (Å²) in [4.78, 5) is 0. The molecular formula is C11H14S. The zero-order valence-electron chi connectivity index (χ0n) is 7.63. The second kappa shape index (κ2) is 2.81. The van der Waals surface area contributed by atoms with E-state index in [0.29, 0.717) is 4.75 Å². The lowest BCUT2D eigenvalue weighted by molar-refractivity contribution is 1.03. The fraction of sp³-hybridized carbons (Fsp3) is 0.455. The Hall–Kier alpha value is -0.430. The van der Waals surface area contributed by atoms with Crippen molar-refractivity contribution in [3.63, 3.8) is 0 Å². The third-order valence-corrected chi connectivity index (χ3v) is 4.06. The van der Waals surface area contributed by atoms with Gasteiger partial charge in [0.2, 0.25) is 0 Å². The van der Waals surface area contributed by atoms with Gasteiger partial charge in [0.05, 0.1) is 0 Å². The molecule has 1 aliphatic rings. The smallest absolute Gasteiger partial charge is 0.0406 e. The fourth-order valence-electron chi connectivity index (χ4n) is 1.65. The van der Waals surface area contributed by atoms with Crippen LogP contribution in [0.5, 0.6) is 0 Å². The van der Waals surface area contributed by atoms with Gasteiger partial charge in [-0.1, -0.05) is 29.8 Å². The molecule has 0 saturated heterocycles. The predicted molar refractivity (Wildman–Crippen MR) is 55.6 cm³/mol. The molecule has 0 aromatic heterocycles. The summed E-state index contributed by atoms with van der Waals surface area (Å²) in [6.45, 7) is 2.17. The van der Waals surface area contributed by atoms with Gasteiger partial charge in [-0.3, -0.25) is 0 Å². The van der Waals surface area contributed by atoms with Gasteiger partial charge >= 0.3 is 0 Å². The van der Waals surface area contributed by atoms with Crippen molar-refractivity contribution in [2.24, 2.45) is 0 Å². The van der Waals surface area contributed by atoms with E-state index in [1.165, 1.54) is 24.0 Å². The minimum Gasteiger partial charge on any atom is -0.154 e. The molecule has 1 aromatic rings. The highest BCUT2D eigenvalue weighted by Crippen LogP contribution is 2.55. The van der Waals surface area contributed by atoms with Gasteiger partial charge < -0.3 is 0 Å². The Morgan fingerprint density at radius 2 is 2.08 bits per heavy atom. The summed E-state index contributed by atoms with van der Waals surface area (Å²) in [7, 11) is 0. The first kappa shape index (κ1) is 8.18. The maximum absolute atomic E-state index is 2.32. The summed E-state index contributed by atoms with van der Waals surface area (Å²) < 4.78 is 0.492. The molecular weight excluding hydrogens is 164 g/mol. The van der Waals surface area contributed by atoms with Crippen molar-refractivity contribution in [1.29, 1.82) is 0 Å². The van der Waals surface area contributed by atoms with Gasteiger partial charge in [-0.2, -0.15) is 11.8 Å². The number of rotatable bonds is 2. The molecule has 12 heavy (non-hydrogen) atoms. The maximum atomic E-state index is 2.32. The highest BCUT2D eigenvalue weighted by Gasteiger charge is 2.43. The highest BCUT2D eigenvalue weighted by molar-refractivity contribution is 7.99. The minimum absolute atomic E-state index is 0.492. The van der Waals surface area contributed by atoms with Crippen molar-refractivity contribution < 1.29 is 0 Å². The Bertz CT molecular complexity index is 287. The van der Waals surface area contributed by atoms with Gasteiger partial charge in [0, 0.05) is 4.75 Å². The van der Waals surface area contributed by atoms with Gasteiger partial charge in [-0.25, -0.2) is 0 Å². The van der Waals surface area contributed by atoms with Gasteiger partial charge in [0.15, 0.2) is 0 Å². The molecule has 0 bridgehead atoms. The van der Waals surface area contributed by atoms with Crippen LogP contribution in [-0.4, -0.2) is 6.26 Å². The molecule has 1 heteroatoms. The molecule has 2 rings (SSSR count). The van der Waals surface area contributed by atoms with Gasteiger partial charge in [0.25, 0.3) is 0 Å². The van der Waals surface area contributed by atoms with E-state index in [-0.39, 0.29) is 0 Å². The molecule has 1 aliphatic carbocycles. The van der Waals surface area contributed by atoms with Gasteiger partial charge in [0.1, 0.15) is 0 Å². The zero-order chi connectivity index (χ0) is 8.60. The molecule has 0 radical (unpaired) electrons. The van der Waals surface area contributed by atoms with Gasteiger partial charge in [-0.15, -0.1) is 0 Å². The SMILES string of the molecule is CSC1(c2cccc(C)c2)CC1. The summed E-state index contributed by atoms with van der Waals surface area (Å²) in [6, 6.07) is 8.92. The molecule has 0 unspecified atom stereocenters. The molecule has 0 spiro atoms. The molecule has 64 valence electrons. The van der Waals surface area contributed by atoms with E-state index in [0.717, 1.165) is 0 Å². The summed E-state index contributed by atoms with van der Waals surface area (Å²) in [5, 5.41) is 0. The molecule has 0 aliphatic heterocycles. The zero-order valence-corrected chi connectivity index (χ0v) is 8.45. The Labute approximate surface area is 78.4 Å². The molecule has 0 atom stereocenters. The lowest BCUT2D eigenvalue weighted by Crippen LogP contribution is -1.99. The predicted octanol–water partition coefficient (Wildman–Crippen LogP) is 3.35. The van der Waals surface area contributed by atoms with Crippen LogP contribution in [-0.2, 0) is 4.75 Å². The van der Waals surface area contributed by atoms with Crippen LogP contribution in [0.1, 0.15) is 24.0 Å². The van der Waals surface area contributed by atoms with E-state index in [2.05, 4.69) is 37.4 Å². The number of aryl methyl sites for hydroxylation is 1. The van der Waals surface area contributed by atoms with Crippen molar-refractivity contribution in [1.82, 2.24) is 0 Å². The van der Waals surface area contributed by atoms with Gasteiger partial charge in [-0.05, 0) is 31.6 Å². The second-order valence-corrected chi connectivity index (χ2v) is 4.76. The molecule has 0 heterocycles. The first-order valence-electron chi connectivity index (χ1n) is 4.39. The maximum Gasteiger partial charge on any atom is 0.0406 e. The van der Waals surface area contributed by atoms with Crippen LogP contribution in [0.4, 0.5) is 0 Å². The normalized spacial score (nSPS) is 19.2. The number of thioether (sulfide) groups is 1. The van der Waals surface area contributed by atoms with Crippen molar-refractivity contribution in [3.05, 3.63) is 35.4 Å². The van der Waals surface area contributed by atoms with E-state index in [4.69, 9.17) is 0 Å². The molecule has 1 aromatic carbocycles. The number of hydrogen-bond acceptors (Lipinski definition) is 1. The van der Waals surface area contributed by atoms with Crippen LogP contribution in [0.25, 0.3) is 0 Å². The number of benzene rings is 1. The van der Waals surface area contributed by atoms with Crippen LogP contribution in [0.2, 0.25) is 0 Å². The van der Waals surface area contributed by atoms with Crippen LogP contribution in [0.3, 0.4) is 0 Å². The van der Waals surface area contributed by atoms with Crippen molar-refractivity contribution in [2.75, 3.05) is 6.26 Å². The standard InChI is InChI=1S/C11H14S/c1-9-4-3-5-10(8-9)11(12-2)6-7-11/h3-5,8H,6-7H2,1-2H3. The third-order valence-electron chi connectivity index (χ3n) is 2.64. The van der Waals surface area contributed by atoms with Crippen molar-refractivity contribution >= 4 is 11.8 Å². The molecule has 0 nitrogen and oxygen atoms in total. The summed E-state index contributed by atoms with van der Waals surface area (Å²) >= 11 is 2.00. The molecule has 0 amide bonds. The van der Waals surface area contributed by atoms with E-state index in [1.807, 2.05) is 11.8 Å². The summed E-state index contributed by atoms with van der Waals surface area (Å²) in [5.41, 5.74) is 2.91. The van der Waals surface area contributed by atoms with E-state index in [9.17, 15) is 0 Å². The second-order valence-electron chi connectivity index (χ2n) is 3.57. The van der Waals surface area contributed by atoms with Crippen LogP contribution in [0, 0.1) is 6.92 Å². The van der Waals surface area contributed by atoms with E-state index < -0.39 is 0 Å².